The van der Waals surface area contributed by atoms with E-state index >= 15 is 0 Å². The average Bonchev–Trinajstić information content (AvgIpc) is 2.52. The minimum Gasteiger partial charge on any atom is -0.365 e. The molecule has 0 bridgehead atoms. The molecule has 13 heavy (non-hydrogen) atoms. The summed E-state index contributed by atoms with van der Waals surface area (Å²) >= 11 is 0. The van der Waals surface area contributed by atoms with Crippen LogP contribution >= 0.6 is 0 Å². The first-order valence-corrected chi connectivity index (χ1v) is 3.54. The molecule has 0 aliphatic heterocycles. The molecule has 66 valence electrons. The molecule has 2 rings (SSSR count). The van der Waals surface area contributed by atoms with Crippen molar-refractivity contribution < 1.29 is 4.52 Å². The maximum absolute atomic E-state index is 10.9. The van der Waals surface area contributed by atoms with Gasteiger partial charge in [-0.3, -0.25) is 4.79 Å². The number of hydrogen-bond acceptors (Lipinski definition) is 5. The number of H-pyrrole nitrogens is 1. The Morgan fingerprint density at radius 2 is 2.38 bits per heavy atom. The predicted octanol–water partition coefficient (Wildman–Crippen LogP) is 0.00710. The van der Waals surface area contributed by atoms with Crippen LogP contribution in [0.3, 0.4) is 0 Å². The molecule has 0 radical (unpaired) electrons. The molecule has 0 unspecified atom stereocenters. The summed E-state index contributed by atoms with van der Waals surface area (Å²) in [6, 6.07) is 3.00. The van der Waals surface area contributed by atoms with Gasteiger partial charge in [-0.15, -0.1) is 0 Å². The van der Waals surface area contributed by atoms with Crippen molar-refractivity contribution in [3.8, 4) is 11.5 Å². The Bertz CT molecular complexity index is 473. The van der Waals surface area contributed by atoms with E-state index in [1.807, 2.05) is 0 Å². The summed E-state index contributed by atoms with van der Waals surface area (Å²) in [5.74, 6) is 0.291. The van der Waals surface area contributed by atoms with Crippen molar-refractivity contribution in [3.63, 3.8) is 0 Å². The van der Waals surface area contributed by atoms with E-state index < -0.39 is 0 Å². The van der Waals surface area contributed by atoms with Crippen molar-refractivity contribution in [2.24, 2.45) is 0 Å². The van der Waals surface area contributed by atoms with E-state index in [9.17, 15) is 4.79 Å². The average molecular weight is 178 g/mol. The second-order valence-corrected chi connectivity index (χ2v) is 2.40. The highest BCUT2D eigenvalue weighted by Gasteiger charge is 2.05. The Morgan fingerprint density at radius 1 is 1.54 bits per heavy atom. The molecule has 0 saturated carbocycles. The summed E-state index contributed by atoms with van der Waals surface area (Å²) in [7, 11) is 0. The summed E-state index contributed by atoms with van der Waals surface area (Å²) in [5, 5.41) is 3.40. The number of aromatic nitrogens is 3. The minimum atomic E-state index is -0.228. The van der Waals surface area contributed by atoms with Gasteiger partial charge in [-0.2, -0.15) is 4.98 Å². The van der Waals surface area contributed by atoms with Gasteiger partial charge in [-0.25, -0.2) is 0 Å². The van der Waals surface area contributed by atoms with Crippen molar-refractivity contribution in [2.75, 3.05) is 5.73 Å². The number of nitrogens with two attached hydrogens (primary N) is 1. The summed E-state index contributed by atoms with van der Waals surface area (Å²) in [6.45, 7) is 0. The first kappa shape index (κ1) is 7.53. The molecule has 2 aromatic rings. The van der Waals surface area contributed by atoms with Crippen molar-refractivity contribution in [3.05, 3.63) is 28.7 Å². The zero-order valence-corrected chi connectivity index (χ0v) is 6.52. The Labute approximate surface area is 72.4 Å². The molecule has 2 aromatic heterocycles. The number of anilines is 1. The van der Waals surface area contributed by atoms with Crippen LogP contribution in [0.2, 0.25) is 0 Å². The van der Waals surface area contributed by atoms with Gasteiger partial charge in [0, 0.05) is 17.8 Å². The predicted molar refractivity (Wildman–Crippen MR) is 44.8 cm³/mol. The second kappa shape index (κ2) is 2.74. The van der Waals surface area contributed by atoms with Crippen LogP contribution in [0.1, 0.15) is 0 Å². The molecule has 0 spiro atoms. The Morgan fingerprint density at radius 3 is 3.00 bits per heavy atom. The fourth-order valence-corrected chi connectivity index (χ4v) is 0.930. The Hall–Kier alpha value is -2.11. The van der Waals surface area contributed by atoms with Crippen LogP contribution in [0.15, 0.2) is 27.6 Å². The molecule has 6 heteroatoms. The van der Waals surface area contributed by atoms with E-state index in [-0.39, 0.29) is 17.4 Å². The number of pyridine rings is 1. The number of nitrogens with zero attached hydrogens (tertiary/aromatic N) is 2. The fraction of sp³-hybridized carbons (Fsp3) is 0. The van der Waals surface area contributed by atoms with Gasteiger partial charge >= 0.3 is 0 Å². The second-order valence-electron chi connectivity index (χ2n) is 2.40. The lowest BCUT2D eigenvalue weighted by atomic mass is 10.3. The maximum atomic E-state index is 10.9. The molecule has 0 aromatic carbocycles. The van der Waals surface area contributed by atoms with Crippen LogP contribution in [-0.2, 0) is 0 Å². The molecule has 3 N–H and O–H groups in total. The molecule has 6 nitrogen and oxygen atoms in total. The third kappa shape index (κ3) is 1.41. The maximum Gasteiger partial charge on any atom is 0.261 e. The van der Waals surface area contributed by atoms with Crippen LogP contribution in [-0.4, -0.2) is 15.1 Å². The summed E-state index contributed by atoms with van der Waals surface area (Å²) in [6.07, 6.45) is 1.50. The van der Waals surface area contributed by atoms with Crippen LogP contribution in [0.4, 0.5) is 5.95 Å². The van der Waals surface area contributed by atoms with Crippen LogP contribution in [0.25, 0.3) is 11.5 Å². The molecular formula is C7H6N4O2. The molecule has 0 aliphatic rings. The normalized spacial score (nSPS) is 10.2. The summed E-state index contributed by atoms with van der Waals surface area (Å²) in [5.41, 5.74) is 5.57. The largest absolute Gasteiger partial charge is 0.365 e. The molecular weight excluding hydrogens is 172 g/mol. The number of nitrogens with one attached hydrogen (secondary N) is 1. The highest BCUT2D eigenvalue weighted by molar-refractivity contribution is 5.52. The van der Waals surface area contributed by atoms with Crippen molar-refractivity contribution in [2.45, 2.75) is 0 Å². The van der Waals surface area contributed by atoms with Crippen molar-refractivity contribution in [1.82, 2.24) is 15.1 Å². The topological polar surface area (TPSA) is 97.8 Å². The molecule has 0 fully saturated rings. The smallest absolute Gasteiger partial charge is 0.261 e. The number of rotatable bonds is 1. The third-order valence-electron chi connectivity index (χ3n) is 1.46. The summed E-state index contributed by atoms with van der Waals surface area (Å²) < 4.78 is 4.77. The van der Waals surface area contributed by atoms with Gasteiger partial charge in [-0.1, -0.05) is 0 Å². The highest BCUT2D eigenvalue weighted by atomic mass is 16.5. The quantitative estimate of drug-likeness (QED) is 0.640. The number of aromatic amines is 1. The lowest BCUT2D eigenvalue weighted by molar-refractivity contribution is 0.433. The monoisotopic (exact) mass is 178 g/mol. The highest BCUT2D eigenvalue weighted by Crippen LogP contribution is 2.14. The SMILES string of the molecule is Nc1noc(-c2cc[nH]c(=O)c2)n1. The molecule has 0 atom stereocenters. The third-order valence-corrected chi connectivity index (χ3v) is 1.46. The summed E-state index contributed by atoms with van der Waals surface area (Å²) in [4.78, 5) is 17.1. The zero-order valence-electron chi connectivity index (χ0n) is 6.52. The fourth-order valence-electron chi connectivity index (χ4n) is 0.930. The number of hydrogen-bond donors (Lipinski definition) is 2. The van der Waals surface area contributed by atoms with Crippen LogP contribution in [0.5, 0.6) is 0 Å². The molecule has 0 amide bonds. The zero-order chi connectivity index (χ0) is 9.26. The molecule has 2 heterocycles. The van der Waals surface area contributed by atoms with E-state index in [2.05, 4.69) is 15.1 Å². The van der Waals surface area contributed by atoms with E-state index in [1.165, 1.54) is 12.3 Å². The van der Waals surface area contributed by atoms with Gasteiger partial charge in [-0.05, 0) is 11.2 Å². The first-order chi connectivity index (χ1) is 6.25. The van der Waals surface area contributed by atoms with E-state index in [0.717, 1.165) is 0 Å². The minimum absolute atomic E-state index is 0.0512. The molecule has 0 saturated heterocycles. The van der Waals surface area contributed by atoms with Crippen molar-refractivity contribution >= 4 is 5.95 Å². The Kier molecular flexibility index (Phi) is 1.59. The lowest BCUT2D eigenvalue weighted by Gasteiger charge is -1.89. The molecule has 0 aliphatic carbocycles. The van der Waals surface area contributed by atoms with Gasteiger partial charge in [0.05, 0.1) is 0 Å². The lowest BCUT2D eigenvalue weighted by Crippen LogP contribution is -2.02. The van der Waals surface area contributed by atoms with Crippen molar-refractivity contribution in [1.29, 1.82) is 0 Å². The Balaban J connectivity index is 2.52. The van der Waals surface area contributed by atoms with Crippen LogP contribution in [0, 0.1) is 0 Å². The van der Waals surface area contributed by atoms with Gasteiger partial charge in [0.2, 0.25) is 5.56 Å². The van der Waals surface area contributed by atoms with E-state index in [4.69, 9.17) is 10.3 Å². The van der Waals surface area contributed by atoms with Gasteiger partial charge < -0.3 is 15.2 Å². The van der Waals surface area contributed by atoms with Gasteiger partial charge in [0.25, 0.3) is 11.8 Å². The van der Waals surface area contributed by atoms with Gasteiger partial charge in [0.15, 0.2) is 0 Å². The van der Waals surface area contributed by atoms with E-state index in [0.29, 0.717) is 5.56 Å². The standard InChI is InChI=1S/C7H6N4O2/c8-7-10-6(13-11-7)4-1-2-9-5(12)3-4/h1-3H,(H2,8,11)(H,9,12). The van der Waals surface area contributed by atoms with Crippen LogP contribution < -0.4 is 11.3 Å². The van der Waals surface area contributed by atoms with E-state index in [1.54, 1.807) is 6.07 Å². The van der Waals surface area contributed by atoms with Gasteiger partial charge in [0.1, 0.15) is 0 Å². The first-order valence-electron chi connectivity index (χ1n) is 3.54. The number of nitrogen functional groups attached to an aromatic ring is 1.